The van der Waals surface area contributed by atoms with Gasteiger partial charge in [-0.25, -0.2) is 8.42 Å². The maximum Gasteiger partial charge on any atom is 0.227 e. The van der Waals surface area contributed by atoms with E-state index in [1.165, 1.54) is 0 Å². The molecule has 106 valence electrons. The summed E-state index contributed by atoms with van der Waals surface area (Å²) >= 11 is 0. The zero-order chi connectivity index (χ0) is 13.3. The van der Waals surface area contributed by atoms with E-state index in [0.717, 1.165) is 38.2 Å². The van der Waals surface area contributed by atoms with Crippen molar-refractivity contribution in [2.45, 2.75) is 43.3 Å². The van der Waals surface area contributed by atoms with Crippen LogP contribution in [0.25, 0.3) is 0 Å². The smallest absolute Gasteiger partial charge is 0.227 e. The van der Waals surface area contributed by atoms with Crippen molar-refractivity contribution in [3.63, 3.8) is 0 Å². The highest BCUT2D eigenvalue weighted by molar-refractivity contribution is 7.92. The van der Waals surface area contributed by atoms with Crippen LogP contribution in [0.15, 0.2) is 4.52 Å². The normalized spacial score (nSPS) is 27.7. The number of hydrogen-bond acceptors (Lipinski definition) is 6. The lowest BCUT2D eigenvalue weighted by Crippen LogP contribution is -2.27. The van der Waals surface area contributed by atoms with Gasteiger partial charge < -0.3 is 9.84 Å². The van der Waals surface area contributed by atoms with Gasteiger partial charge in [0.1, 0.15) is 0 Å². The molecule has 19 heavy (non-hydrogen) atoms. The van der Waals surface area contributed by atoms with E-state index in [2.05, 4.69) is 15.5 Å². The lowest BCUT2D eigenvalue weighted by molar-refractivity contribution is 0.358. The Bertz CT molecular complexity index is 534. The number of aromatic nitrogens is 2. The second-order valence-electron chi connectivity index (χ2n) is 5.41. The van der Waals surface area contributed by atoms with Crippen LogP contribution in [0.4, 0.5) is 0 Å². The van der Waals surface area contributed by atoms with E-state index in [1.807, 2.05) is 0 Å². The van der Waals surface area contributed by atoms with Crippen molar-refractivity contribution < 1.29 is 12.9 Å². The molecule has 0 aliphatic carbocycles. The lowest BCUT2D eigenvalue weighted by Gasteiger charge is -2.18. The van der Waals surface area contributed by atoms with E-state index in [4.69, 9.17) is 4.52 Å². The highest BCUT2D eigenvalue weighted by Crippen LogP contribution is 2.25. The topological polar surface area (TPSA) is 85.1 Å². The van der Waals surface area contributed by atoms with Crippen molar-refractivity contribution in [2.24, 2.45) is 0 Å². The molecule has 1 N–H and O–H groups in total. The predicted octanol–water partition coefficient (Wildman–Crippen LogP) is 0.656. The van der Waals surface area contributed by atoms with E-state index < -0.39 is 9.84 Å². The Morgan fingerprint density at radius 3 is 2.74 bits per heavy atom. The highest BCUT2D eigenvalue weighted by atomic mass is 32.2. The van der Waals surface area contributed by atoms with Crippen molar-refractivity contribution in [3.8, 4) is 0 Å². The second kappa shape index (κ2) is 5.20. The average molecular weight is 285 g/mol. The number of nitrogens with one attached hydrogen (secondary N) is 1. The summed E-state index contributed by atoms with van der Waals surface area (Å²) in [6, 6.07) is 0. The largest absolute Gasteiger partial charge is 0.339 e. The molecule has 1 unspecified atom stereocenters. The van der Waals surface area contributed by atoms with Gasteiger partial charge in [-0.05, 0) is 38.8 Å². The summed E-state index contributed by atoms with van der Waals surface area (Å²) in [5, 5.41) is 6.99. The SMILES string of the molecule is O=S1(=O)CCCC1Cc1nc(C2CCNCC2)no1. The summed E-state index contributed by atoms with van der Waals surface area (Å²) in [5.41, 5.74) is 0. The summed E-state index contributed by atoms with van der Waals surface area (Å²) in [6.07, 6.45) is 3.87. The molecular formula is C12H19N3O3S. The third-order valence-electron chi connectivity index (χ3n) is 4.05. The number of hydrogen-bond donors (Lipinski definition) is 1. The van der Waals surface area contributed by atoms with Crippen LogP contribution in [0.5, 0.6) is 0 Å². The van der Waals surface area contributed by atoms with E-state index in [-0.39, 0.29) is 5.25 Å². The van der Waals surface area contributed by atoms with Crippen molar-refractivity contribution in [1.29, 1.82) is 0 Å². The first-order valence-electron chi connectivity index (χ1n) is 6.90. The monoisotopic (exact) mass is 285 g/mol. The van der Waals surface area contributed by atoms with Gasteiger partial charge >= 0.3 is 0 Å². The van der Waals surface area contributed by atoms with Crippen molar-refractivity contribution in [1.82, 2.24) is 15.5 Å². The van der Waals surface area contributed by atoms with Gasteiger partial charge in [0.2, 0.25) is 5.89 Å². The predicted molar refractivity (Wildman–Crippen MR) is 69.7 cm³/mol. The molecule has 0 spiro atoms. The molecule has 0 aromatic carbocycles. The van der Waals surface area contributed by atoms with Crippen LogP contribution in [0.3, 0.4) is 0 Å². The third-order valence-corrected chi connectivity index (χ3v) is 6.33. The van der Waals surface area contributed by atoms with Crippen LogP contribution in [-0.4, -0.2) is 42.7 Å². The summed E-state index contributed by atoms with van der Waals surface area (Å²) < 4.78 is 28.8. The first-order chi connectivity index (χ1) is 9.15. The van der Waals surface area contributed by atoms with Crippen LogP contribution in [0.2, 0.25) is 0 Å². The number of nitrogens with zero attached hydrogens (tertiary/aromatic N) is 2. The standard InChI is InChI=1S/C12H19N3O3S/c16-19(17)7-1-2-10(19)8-11-14-12(15-18-11)9-3-5-13-6-4-9/h9-10,13H,1-8H2. The molecule has 1 aromatic rings. The van der Waals surface area contributed by atoms with Gasteiger partial charge in [0.05, 0.1) is 11.0 Å². The summed E-state index contributed by atoms with van der Waals surface area (Å²) in [7, 11) is -2.94. The van der Waals surface area contributed by atoms with Crippen molar-refractivity contribution >= 4 is 9.84 Å². The summed E-state index contributed by atoms with van der Waals surface area (Å²) in [4.78, 5) is 4.39. The van der Waals surface area contributed by atoms with Crippen LogP contribution < -0.4 is 5.32 Å². The Labute approximate surface area is 112 Å². The Hall–Kier alpha value is -0.950. The second-order valence-corrected chi connectivity index (χ2v) is 7.81. The van der Waals surface area contributed by atoms with Crippen molar-refractivity contribution in [3.05, 3.63) is 11.7 Å². The van der Waals surface area contributed by atoms with Gasteiger partial charge in [-0.1, -0.05) is 5.16 Å². The van der Waals surface area contributed by atoms with E-state index >= 15 is 0 Å². The molecule has 3 rings (SSSR count). The van der Waals surface area contributed by atoms with Crippen LogP contribution >= 0.6 is 0 Å². The fraction of sp³-hybridized carbons (Fsp3) is 0.833. The number of rotatable bonds is 3. The van der Waals surface area contributed by atoms with Gasteiger partial charge in [0.15, 0.2) is 15.7 Å². The Balaban J connectivity index is 1.68. The first kappa shape index (κ1) is 13.1. The minimum atomic E-state index is -2.94. The van der Waals surface area contributed by atoms with E-state index in [9.17, 15) is 8.42 Å². The summed E-state index contributed by atoms with van der Waals surface area (Å²) in [6.45, 7) is 1.96. The van der Waals surface area contributed by atoms with Gasteiger partial charge in [-0.3, -0.25) is 0 Å². The molecule has 3 heterocycles. The Morgan fingerprint density at radius 2 is 2.05 bits per heavy atom. The zero-order valence-corrected chi connectivity index (χ0v) is 11.7. The van der Waals surface area contributed by atoms with Gasteiger partial charge in [0, 0.05) is 12.3 Å². The van der Waals surface area contributed by atoms with Crippen LogP contribution in [-0.2, 0) is 16.3 Å². The van der Waals surface area contributed by atoms with E-state index in [1.54, 1.807) is 0 Å². The van der Waals surface area contributed by atoms with E-state index in [0.29, 0.717) is 30.4 Å². The van der Waals surface area contributed by atoms with Gasteiger partial charge in [-0.15, -0.1) is 0 Å². The fourth-order valence-electron chi connectivity index (χ4n) is 2.88. The molecule has 2 saturated heterocycles. The molecular weight excluding hydrogens is 266 g/mol. The van der Waals surface area contributed by atoms with Crippen LogP contribution in [0, 0.1) is 0 Å². The molecule has 2 aliphatic rings. The number of piperidine rings is 1. The Morgan fingerprint density at radius 1 is 1.26 bits per heavy atom. The first-order valence-corrected chi connectivity index (χ1v) is 8.61. The molecule has 1 atom stereocenters. The zero-order valence-electron chi connectivity index (χ0n) is 10.8. The molecule has 7 heteroatoms. The number of sulfone groups is 1. The third kappa shape index (κ3) is 2.81. The van der Waals surface area contributed by atoms with Crippen molar-refractivity contribution in [2.75, 3.05) is 18.8 Å². The molecule has 0 saturated carbocycles. The molecule has 6 nitrogen and oxygen atoms in total. The molecule has 2 aliphatic heterocycles. The average Bonchev–Trinajstić information content (AvgIpc) is 2.99. The van der Waals surface area contributed by atoms with Crippen LogP contribution in [0.1, 0.15) is 43.3 Å². The maximum absolute atomic E-state index is 11.8. The van der Waals surface area contributed by atoms with Gasteiger partial charge in [0.25, 0.3) is 0 Å². The maximum atomic E-state index is 11.8. The summed E-state index contributed by atoms with van der Waals surface area (Å²) in [5.74, 6) is 1.86. The molecule has 0 radical (unpaired) electrons. The minimum absolute atomic E-state index is 0.299. The quantitative estimate of drug-likeness (QED) is 0.878. The molecule has 0 bridgehead atoms. The minimum Gasteiger partial charge on any atom is -0.339 e. The molecule has 2 fully saturated rings. The molecule has 0 amide bonds. The molecule has 1 aromatic heterocycles. The lowest BCUT2D eigenvalue weighted by atomic mass is 9.98. The van der Waals surface area contributed by atoms with Gasteiger partial charge in [-0.2, -0.15) is 4.98 Å². The Kier molecular flexibility index (Phi) is 3.58. The highest BCUT2D eigenvalue weighted by Gasteiger charge is 2.33. The fourth-order valence-corrected chi connectivity index (χ4v) is 4.70.